The molecule has 1 saturated heterocycles. The maximum absolute atomic E-state index is 11.9. The first kappa shape index (κ1) is 11.7. The average Bonchev–Trinajstić information content (AvgIpc) is 2.57. The minimum Gasteiger partial charge on any atom is -0.465 e. The van der Waals surface area contributed by atoms with Crippen molar-refractivity contribution in [3.63, 3.8) is 0 Å². The van der Waals surface area contributed by atoms with Gasteiger partial charge in [0.25, 0.3) is 11.8 Å². The van der Waals surface area contributed by atoms with E-state index in [0.29, 0.717) is 16.2 Å². The highest BCUT2D eigenvalue weighted by molar-refractivity contribution is 6.20. The fourth-order valence-electron chi connectivity index (χ4n) is 2.07. The predicted molar refractivity (Wildman–Crippen MR) is 61.4 cm³/mol. The zero-order chi connectivity index (χ0) is 13.6. The van der Waals surface area contributed by atoms with Gasteiger partial charge >= 0.3 is 6.09 Å². The van der Waals surface area contributed by atoms with Crippen molar-refractivity contribution in [1.82, 2.24) is 9.96 Å². The molecule has 1 fully saturated rings. The van der Waals surface area contributed by atoms with Crippen molar-refractivity contribution in [2.75, 3.05) is 13.1 Å². The Kier molecular flexibility index (Phi) is 2.49. The fourth-order valence-corrected chi connectivity index (χ4v) is 2.07. The molecule has 3 rings (SSSR count). The monoisotopic (exact) mass is 262 g/mol. The Labute approximate surface area is 107 Å². The van der Waals surface area contributed by atoms with E-state index < -0.39 is 24.0 Å². The van der Waals surface area contributed by atoms with Gasteiger partial charge in [-0.2, -0.15) is 0 Å². The van der Waals surface area contributed by atoms with Crippen LogP contribution in [0.3, 0.4) is 0 Å². The predicted octanol–water partition coefficient (Wildman–Crippen LogP) is 0.576. The first-order chi connectivity index (χ1) is 9.08. The molecule has 7 heteroatoms. The zero-order valence-corrected chi connectivity index (χ0v) is 9.78. The van der Waals surface area contributed by atoms with Crippen molar-refractivity contribution in [3.8, 4) is 0 Å². The molecule has 1 aromatic rings. The largest absolute Gasteiger partial charge is 0.465 e. The molecule has 0 saturated carbocycles. The number of hydrogen-bond donors (Lipinski definition) is 1. The van der Waals surface area contributed by atoms with Crippen molar-refractivity contribution in [2.45, 2.75) is 6.10 Å². The Morgan fingerprint density at radius 1 is 1.16 bits per heavy atom. The Hall–Kier alpha value is -2.41. The fraction of sp³-hybridized carbons (Fsp3) is 0.250. The molecule has 19 heavy (non-hydrogen) atoms. The summed E-state index contributed by atoms with van der Waals surface area (Å²) >= 11 is 0. The van der Waals surface area contributed by atoms with Gasteiger partial charge in [-0.25, -0.2) is 4.79 Å². The molecule has 98 valence electrons. The molecule has 0 aromatic heterocycles. The van der Waals surface area contributed by atoms with Gasteiger partial charge in [0.05, 0.1) is 24.2 Å². The smallest absolute Gasteiger partial charge is 0.407 e. The topological polar surface area (TPSA) is 87.2 Å². The van der Waals surface area contributed by atoms with Gasteiger partial charge < -0.3 is 10.0 Å². The Bertz CT molecular complexity index is 544. The normalized spacial score (nSPS) is 18.5. The molecule has 0 bridgehead atoms. The van der Waals surface area contributed by atoms with Gasteiger partial charge in [0.1, 0.15) is 6.10 Å². The van der Waals surface area contributed by atoms with Crippen LogP contribution in [0.4, 0.5) is 4.79 Å². The van der Waals surface area contributed by atoms with E-state index in [4.69, 9.17) is 9.94 Å². The molecule has 1 N–H and O–H groups in total. The molecule has 2 aliphatic heterocycles. The number of likely N-dealkylation sites (tertiary alicyclic amines) is 1. The van der Waals surface area contributed by atoms with Crippen molar-refractivity contribution in [3.05, 3.63) is 35.4 Å². The van der Waals surface area contributed by atoms with Crippen LogP contribution in [0.5, 0.6) is 0 Å². The van der Waals surface area contributed by atoms with Crippen LogP contribution in [0.15, 0.2) is 24.3 Å². The molecule has 2 heterocycles. The van der Waals surface area contributed by atoms with Crippen LogP contribution < -0.4 is 0 Å². The van der Waals surface area contributed by atoms with E-state index in [9.17, 15) is 14.4 Å². The van der Waals surface area contributed by atoms with E-state index >= 15 is 0 Å². The summed E-state index contributed by atoms with van der Waals surface area (Å²) in [5.41, 5.74) is 0.615. The first-order valence-electron chi connectivity index (χ1n) is 5.70. The summed E-state index contributed by atoms with van der Waals surface area (Å²) in [6.07, 6.45) is -1.50. The molecule has 0 radical (unpaired) electrons. The summed E-state index contributed by atoms with van der Waals surface area (Å²) in [6.45, 7) is 0.311. The highest BCUT2D eigenvalue weighted by Gasteiger charge is 2.41. The number of hydrogen-bond acceptors (Lipinski definition) is 4. The molecule has 0 atom stereocenters. The lowest BCUT2D eigenvalue weighted by Crippen LogP contribution is -2.56. The number of benzene rings is 1. The second-order valence-electron chi connectivity index (χ2n) is 4.37. The van der Waals surface area contributed by atoms with E-state index in [0.717, 1.165) is 4.90 Å². The number of hydroxylamine groups is 2. The number of carbonyl (C=O) groups is 3. The second-order valence-corrected chi connectivity index (χ2v) is 4.37. The molecule has 0 aliphatic carbocycles. The highest BCUT2D eigenvalue weighted by atomic mass is 16.7. The number of fused-ring (bicyclic) bond motifs is 1. The lowest BCUT2D eigenvalue weighted by molar-refractivity contribution is -0.168. The van der Waals surface area contributed by atoms with Gasteiger partial charge in [-0.05, 0) is 12.1 Å². The number of amides is 3. The molecule has 0 unspecified atom stereocenters. The minimum absolute atomic E-state index is 0.155. The number of imide groups is 1. The second kappa shape index (κ2) is 4.06. The summed E-state index contributed by atoms with van der Waals surface area (Å²) in [4.78, 5) is 40.9. The van der Waals surface area contributed by atoms with Gasteiger partial charge in [0, 0.05) is 0 Å². The van der Waals surface area contributed by atoms with Crippen LogP contribution in [0.2, 0.25) is 0 Å². The van der Waals surface area contributed by atoms with E-state index in [1.165, 1.54) is 0 Å². The molecule has 3 amide bonds. The third-order valence-corrected chi connectivity index (χ3v) is 3.13. The molecule has 1 aromatic carbocycles. The Morgan fingerprint density at radius 3 is 2.16 bits per heavy atom. The average molecular weight is 262 g/mol. The SMILES string of the molecule is O=C(O)N1CC(ON2C(=O)c3ccccc3C2=O)C1. The minimum atomic E-state index is -1.04. The van der Waals surface area contributed by atoms with Crippen LogP contribution >= 0.6 is 0 Å². The molecular formula is C12H10N2O5. The maximum atomic E-state index is 11.9. The maximum Gasteiger partial charge on any atom is 0.407 e. The van der Waals surface area contributed by atoms with E-state index in [2.05, 4.69) is 0 Å². The van der Waals surface area contributed by atoms with Crippen LogP contribution in [0.1, 0.15) is 20.7 Å². The lowest BCUT2D eigenvalue weighted by Gasteiger charge is -2.37. The summed E-state index contributed by atoms with van der Waals surface area (Å²) < 4.78 is 0. The van der Waals surface area contributed by atoms with Crippen LogP contribution in [0.25, 0.3) is 0 Å². The molecule has 0 spiro atoms. The highest BCUT2D eigenvalue weighted by Crippen LogP contribution is 2.25. The number of carbonyl (C=O) groups excluding carboxylic acids is 2. The molecule has 7 nitrogen and oxygen atoms in total. The summed E-state index contributed by atoms with van der Waals surface area (Å²) in [5, 5.41) is 9.40. The van der Waals surface area contributed by atoms with Gasteiger partial charge in [0.2, 0.25) is 0 Å². The third-order valence-electron chi connectivity index (χ3n) is 3.13. The number of rotatable bonds is 2. The summed E-state index contributed by atoms with van der Waals surface area (Å²) in [6, 6.07) is 6.46. The Balaban J connectivity index is 1.70. The van der Waals surface area contributed by atoms with E-state index in [1.54, 1.807) is 24.3 Å². The van der Waals surface area contributed by atoms with Crippen LogP contribution in [-0.4, -0.2) is 52.2 Å². The van der Waals surface area contributed by atoms with Crippen molar-refractivity contribution < 1.29 is 24.3 Å². The summed E-state index contributed by atoms with van der Waals surface area (Å²) in [7, 11) is 0. The third kappa shape index (κ3) is 1.75. The van der Waals surface area contributed by atoms with Gasteiger partial charge in [-0.3, -0.25) is 14.4 Å². The Morgan fingerprint density at radius 2 is 1.68 bits per heavy atom. The van der Waals surface area contributed by atoms with E-state index in [-0.39, 0.29) is 13.1 Å². The zero-order valence-electron chi connectivity index (χ0n) is 9.78. The number of nitrogens with zero attached hydrogens (tertiary/aromatic N) is 2. The van der Waals surface area contributed by atoms with Crippen molar-refractivity contribution in [1.29, 1.82) is 0 Å². The molecular weight excluding hydrogens is 252 g/mol. The van der Waals surface area contributed by atoms with Gasteiger partial charge in [-0.15, -0.1) is 5.06 Å². The standard InChI is InChI=1S/C12H10N2O5/c15-10-8-3-1-2-4-9(8)11(16)14(10)19-7-5-13(6-7)12(17)18/h1-4,7H,5-6H2,(H,17,18). The van der Waals surface area contributed by atoms with Gasteiger partial charge in [-0.1, -0.05) is 12.1 Å². The number of carboxylic acid groups (broad SMARTS) is 1. The quantitative estimate of drug-likeness (QED) is 0.787. The van der Waals surface area contributed by atoms with Gasteiger partial charge in [0.15, 0.2) is 0 Å². The van der Waals surface area contributed by atoms with Crippen molar-refractivity contribution in [2.24, 2.45) is 0 Å². The van der Waals surface area contributed by atoms with Crippen LogP contribution in [-0.2, 0) is 4.84 Å². The van der Waals surface area contributed by atoms with Crippen LogP contribution in [0, 0.1) is 0 Å². The first-order valence-corrected chi connectivity index (χ1v) is 5.70. The van der Waals surface area contributed by atoms with E-state index in [1.807, 2.05) is 0 Å². The van der Waals surface area contributed by atoms with Crippen molar-refractivity contribution >= 4 is 17.9 Å². The lowest BCUT2D eigenvalue weighted by atomic mass is 10.1. The summed E-state index contributed by atoms with van der Waals surface area (Å²) in [5.74, 6) is -1.01. The molecule has 2 aliphatic rings.